The van der Waals surface area contributed by atoms with Crippen molar-refractivity contribution in [1.29, 1.82) is 0 Å². The molecule has 0 atom stereocenters. The van der Waals surface area contributed by atoms with E-state index in [1.165, 1.54) is 35.9 Å². The highest BCUT2D eigenvalue weighted by Crippen LogP contribution is 2.13. The fraction of sp³-hybridized carbons (Fsp3) is 0.167. The molecule has 21 heavy (non-hydrogen) atoms. The molecule has 0 fully saturated rings. The Morgan fingerprint density at radius 1 is 1.38 bits per heavy atom. The van der Waals surface area contributed by atoms with E-state index in [-0.39, 0.29) is 22.1 Å². The number of aromatic nitrogens is 1. The van der Waals surface area contributed by atoms with Gasteiger partial charge < -0.3 is 15.6 Å². The normalized spacial score (nSPS) is 12.3. The molecule has 9 heteroatoms. The zero-order chi connectivity index (χ0) is 15.5. The molecule has 0 saturated carbocycles. The lowest BCUT2D eigenvalue weighted by Gasteiger charge is -2.02. The van der Waals surface area contributed by atoms with Crippen molar-refractivity contribution in [2.45, 2.75) is 11.4 Å². The topological polar surface area (TPSA) is 107 Å². The van der Waals surface area contributed by atoms with Crippen LogP contribution in [0.4, 0.5) is 5.69 Å². The number of thiazole rings is 1. The first-order valence-electron chi connectivity index (χ1n) is 5.93. The molecule has 0 aliphatic carbocycles. The number of nitrogens with one attached hydrogen (secondary N) is 1. The molecule has 0 aliphatic heterocycles. The number of anilines is 1. The third-order valence-corrected chi connectivity index (χ3v) is 4.82. The summed E-state index contributed by atoms with van der Waals surface area (Å²) in [7, 11) is -2.33. The summed E-state index contributed by atoms with van der Waals surface area (Å²) in [4.78, 5) is 11.7. The van der Waals surface area contributed by atoms with E-state index in [4.69, 9.17) is 5.73 Å². The molecule has 7 nitrogen and oxygen atoms in total. The molecule has 0 unspecified atom stereocenters. The minimum atomic E-state index is -3.84. The molecule has 2 aromatic rings. The van der Waals surface area contributed by atoms with E-state index in [2.05, 4.69) is 9.71 Å². The highest BCUT2D eigenvalue weighted by Gasteiger charge is 2.13. The molecule has 112 valence electrons. The third kappa shape index (κ3) is 3.70. The first-order valence-corrected chi connectivity index (χ1v) is 8.25. The molecule has 1 amide bonds. The Bertz CT molecular complexity index is 804. The van der Waals surface area contributed by atoms with Crippen LogP contribution in [0.5, 0.6) is 0 Å². The lowest BCUT2D eigenvalue weighted by Crippen LogP contribution is -2.28. The van der Waals surface area contributed by atoms with Crippen LogP contribution < -0.4 is 15.9 Å². The van der Waals surface area contributed by atoms with E-state index >= 15 is 0 Å². The second-order valence-corrected chi connectivity index (χ2v) is 6.60. The maximum Gasteiger partial charge on any atom is 0.285 e. The molecular weight excluding hydrogens is 312 g/mol. The van der Waals surface area contributed by atoms with Crippen LogP contribution in [0, 0.1) is 0 Å². The molecule has 0 radical (unpaired) electrons. The van der Waals surface area contributed by atoms with Crippen LogP contribution in [-0.2, 0) is 21.4 Å². The molecule has 3 N–H and O–H groups in total. The van der Waals surface area contributed by atoms with Gasteiger partial charge in [-0.1, -0.05) is 0 Å². The summed E-state index contributed by atoms with van der Waals surface area (Å²) in [6.45, 7) is 0.0100. The Balaban J connectivity index is 2.41. The summed E-state index contributed by atoms with van der Waals surface area (Å²) in [6, 6.07) is 5.78. The van der Waals surface area contributed by atoms with Crippen molar-refractivity contribution in [3.8, 4) is 0 Å². The molecule has 1 heterocycles. The number of nitrogens with zero attached hydrogens (tertiary/aromatic N) is 2. The Hall–Kier alpha value is -2.13. The van der Waals surface area contributed by atoms with Gasteiger partial charge in [0, 0.05) is 24.3 Å². The quantitative estimate of drug-likeness (QED) is 0.781. The van der Waals surface area contributed by atoms with Gasteiger partial charge in [-0.05, 0) is 24.3 Å². The predicted molar refractivity (Wildman–Crippen MR) is 80.0 cm³/mol. The Kier molecular flexibility index (Phi) is 4.43. The van der Waals surface area contributed by atoms with Gasteiger partial charge in [-0.3, -0.25) is 4.79 Å². The predicted octanol–water partition coefficient (Wildman–Crippen LogP) is 0.167. The summed E-state index contributed by atoms with van der Waals surface area (Å²) >= 11 is 1.14. The van der Waals surface area contributed by atoms with Gasteiger partial charge in [0.25, 0.3) is 10.0 Å². The average Bonchev–Trinajstić information content (AvgIpc) is 2.85. The minimum absolute atomic E-state index is 0.0100. The molecule has 0 bridgehead atoms. The smallest absolute Gasteiger partial charge is 0.285 e. The lowest BCUT2D eigenvalue weighted by molar-refractivity contribution is -0.121. The van der Waals surface area contributed by atoms with Crippen molar-refractivity contribution in [3.63, 3.8) is 0 Å². The van der Waals surface area contributed by atoms with Gasteiger partial charge in [-0.2, -0.15) is 8.42 Å². The number of nitrogen functional groups attached to an aromatic ring is 1. The third-order valence-electron chi connectivity index (χ3n) is 2.63. The fourth-order valence-electron chi connectivity index (χ4n) is 1.52. The Labute approximate surface area is 125 Å². The van der Waals surface area contributed by atoms with Crippen molar-refractivity contribution >= 4 is 33.0 Å². The Morgan fingerprint density at radius 3 is 2.67 bits per heavy atom. The number of carbonyl (C=O) groups is 1. The number of hydrogen-bond donors (Lipinski definition) is 2. The standard InChI is InChI=1S/C12H14N4O3S2/c1-14-11(17)8-16-6-7-20-12(16)15-21(18,19)10-4-2-9(13)3-5-10/h2-7H,8,13H2,1H3,(H,14,17)/b15-12-. The monoisotopic (exact) mass is 326 g/mol. The van der Waals surface area contributed by atoms with Gasteiger partial charge in [-0.15, -0.1) is 15.7 Å². The number of amides is 1. The number of sulfonamides is 1. The van der Waals surface area contributed by atoms with E-state index in [9.17, 15) is 13.2 Å². The van der Waals surface area contributed by atoms with E-state index in [1.54, 1.807) is 11.6 Å². The van der Waals surface area contributed by atoms with Crippen LogP contribution >= 0.6 is 11.3 Å². The highest BCUT2D eigenvalue weighted by molar-refractivity contribution is 7.90. The van der Waals surface area contributed by atoms with Crippen molar-refractivity contribution in [2.75, 3.05) is 12.8 Å². The van der Waals surface area contributed by atoms with Crippen molar-refractivity contribution in [2.24, 2.45) is 4.40 Å². The zero-order valence-corrected chi connectivity index (χ0v) is 12.8. The molecular formula is C12H14N4O3S2. The van der Waals surface area contributed by atoms with Gasteiger partial charge in [-0.25, -0.2) is 0 Å². The van der Waals surface area contributed by atoms with Gasteiger partial charge in [0.05, 0.1) is 4.90 Å². The summed E-state index contributed by atoms with van der Waals surface area (Å²) in [6.07, 6.45) is 1.61. The molecule has 2 rings (SSSR count). The summed E-state index contributed by atoms with van der Waals surface area (Å²) in [5.74, 6) is -0.236. The van der Waals surface area contributed by atoms with Crippen molar-refractivity contribution in [3.05, 3.63) is 40.6 Å². The van der Waals surface area contributed by atoms with Gasteiger partial charge in [0.1, 0.15) is 6.54 Å². The molecule has 1 aromatic heterocycles. The Morgan fingerprint density at radius 2 is 2.05 bits per heavy atom. The van der Waals surface area contributed by atoms with Gasteiger partial charge >= 0.3 is 0 Å². The average molecular weight is 326 g/mol. The summed E-state index contributed by atoms with van der Waals surface area (Å²) < 4.78 is 29.6. The number of likely N-dealkylation sites (N-methyl/N-ethyl adjacent to an activating group) is 1. The van der Waals surface area contributed by atoms with E-state index in [0.29, 0.717) is 5.69 Å². The first kappa shape index (κ1) is 15.3. The van der Waals surface area contributed by atoms with Crippen molar-refractivity contribution < 1.29 is 13.2 Å². The van der Waals surface area contributed by atoms with Gasteiger partial charge in [0.2, 0.25) is 10.7 Å². The summed E-state index contributed by atoms with van der Waals surface area (Å²) in [5.41, 5.74) is 6.00. The van der Waals surface area contributed by atoms with Crippen LogP contribution in [0.2, 0.25) is 0 Å². The maximum atomic E-state index is 12.2. The van der Waals surface area contributed by atoms with Crippen LogP contribution in [-0.4, -0.2) is 25.9 Å². The van der Waals surface area contributed by atoms with Crippen LogP contribution in [0.25, 0.3) is 0 Å². The van der Waals surface area contributed by atoms with E-state index in [0.717, 1.165) is 11.3 Å². The first-order chi connectivity index (χ1) is 9.92. The number of benzene rings is 1. The van der Waals surface area contributed by atoms with Crippen LogP contribution in [0.3, 0.4) is 0 Å². The van der Waals surface area contributed by atoms with E-state index in [1.807, 2.05) is 0 Å². The summed E-state index contributed by atoms with van der Waals surface area (Å²) in [5, 5.41) is 4.14. The van der Waals surface area contributed by atoms with Gasteiger partial charge in [0.15, 0.2) is 0 Å². The molecule has 0 spiro atoms. The minimum Gasteiger partial charge on any atom is -0.399 e. The lowest BCUT2D eigenvalue weighted by atomic mass is 10.3. The number of hydrogen-bond acceptors (Lipinski definition) is 5. The SMILES string of the molecule is CNC(=O)Cn1ccs/c1=N\S(=O)(=O)c1ccc(N)cc1. The number of nitrogens with two attached hydrogens (primary N) is 1. The molecule has 0 saturated heterocycles. The molecule has 1 aromatic carbocycles. The zero-order valence-electron chi connectivity index (χ0n) is 11.2. The fourth-order valence-corrected chi connectivity index (χ4v) is 3.47. The van der Waals surface area contributed by atoms with E-state index < -0.39 is 10.0 Å². The maximum absolute atomic E-state index is 12.2. The largest absolute Gasteiger partial charge is 0.399 e. The van der Waals surface area contributed by atoms with Crippen molar-refractivity contribution in [1.82, 2.24) is 9.88 Å². The number of carbonyl (C=O) groups excluding carboxylic acids is 1. The molecule has 0 aliphatic rings. The second kappa shape index (κ2) is 6.10. The highest BCUT2D eigenvalue weighted by atomic mass is 32.2. The number of rotatable bonds is 4. The second-order valence-electron chi connectivity index (χ2n) is 4.12. The van der Waals surface area contributed by atoms with Crippen LogP contribution in [0.15, 0.2) is 45.1 Å². The van der Waals surface area contributed by atoms with Crippen LogP contribution in [0.1, 0.15) is 0 Å².